The molecule has 1 aromatic rings. The van der Waals surface area contributed by atoms with Gasteiger partial charge in [0.2, 0.25) is 10.0 Å². The lowest BCUT2D eigenvalue weighted by Crippen LogP contribution is -2.33. The fraction of sp³-hybridized carbons (Fsp3) is 0.545. The number of nitrogens with one attached hydrogen (secondary N) is 1. The molecule has 0 spiro atoms. The summed E-state index contributed by atoms with van der Waals surface area (Å²) in [5.41, 5.74) is 0. The van der Waals surface area contributed by atoms with Gasteiger partial charge in [-0.05, 0) is 37.4 Å². The molecule has 0 radical (unpaired) electrons. The molecular formula is C11H16N2O4S2. The lowest BCUT2D eigenvalue weighted by Gasteiger charge is -2.14. The van der Waals surface area contributed by atoms with Gasteiger partial charge in [0.15, 0.2) is 0 Å². The van der Waals surface area contributed by atoms with E-state index in [2.05, 4.69) is 9.62 Å². The largest absolute Gasteiger partial charge is 0.477 e. The van der Waals surface area contributed by atoms with Crippen molar-refractivity contribution in [2.24, 2.45) is 0 Å². The van der Waals surface area contributed by atoms with Gasteiger partial charge in [-0.2, -0.15) is 0 Å². The van der Waals surface area contributed by atoms with Crippen LogP contribution in [0.25, 0.3) is 0 Å². The number of hydrogen-bond donors (Lipinski definition) is 2. The molecule has 1 aliphatic rings. The summed E-state index contributed by atoms with van der Waals surface area (Å²) in [6, 6.07) is 1.33. The molecule has 2 heterocycles. The van der Waals surface area contributed by atoms with Gasteiger partial charge in [0, 0.05) is 13.1 Å². The summed E-state index contributed by atoms with van der Waals surface area (Å²) in [6.45, 7) is 2.96. The summed E-state index contributed by atoms with van der Waals surface area (Å²) in [4.78, 5) is 12.8. The Balaban J connectivity index is 1.97. The number of aromatic carboxylic acids is 1. The van der Waals surface area contributed by atoms with E-state index in [-0.39, 0.29) is 9.77 Å². The SMILES string of the molecule is O=C(O)c1sccc1S(=O)(=O)NCCN1CCCC1. The first-order chi connectivity index (χ1) is 9.00. The average Bonchev–Trinajstić information content (AvgIpc) is 2.99. The van der Waals surface area contributed by atoms with Gasteiger partial charge in [-0.1, -0.05) is 0 Å². The number of likely N-dealkylation sites (tertiary alicyclic amines) is 1. The van der Waals surface area contributed by atoms with Gasteiger partial charge in [0.05, 0.1) is 0 Å². The number of carbonyl (C=O) groups is 1. The van der Waals surface area contributed by atoms with E-state index in [1.54, 1.807) is 0 Å². The summed E-state index contributed by atoms with van der Waals surface area (Å²) in [5, 5.41) is 10.4. The molecule has 2 rings (SSSR count). The first-order valence-electron chi connectivity index (χ1n) is 6.03. The molecule has 8 heteroatoms. The van der Waals surface area contributed by atoms with E-state index in [9.17, 15) is 13.2 Å². The molecular weight excluding hydrogens is 288 g/mol. The molecule has 6 nitrogen and oxygen atoms in total. The Labute approximate surface area is 116 Å². The molecule has 0 unspecified atom stereocenters. The van der Waals surface area contributed by atoms with Crippen molar-refractivity contribution in [1.82, 2.24) is 9.62 Å². The van der Waals surface area contributed by atoms with Crippen LogP contribution in [0.4, 0.5) is 0 Å². The molecule has 0 aromatic carbocycles. The third-order valence-electron chi connectivity index (χ3n) is 3.03. The Morgan fingerprint density at radius 2 is 2.11 bits per heavy atom. The Hall–Kier alpha value is -0.960. The third-order valence-corrected chi connectivity index (χ3v) is 5.57. The zero-order valence-electron chi connectivity index (χ0n) is 10.3. The van der Waals surface area contributed by atoms with Crippen LogP contribution in [0.15, 0.2) is 16.3 Å². The highest BCUT2D eigenvalue weighted by atomic mass is 32.2. The molecule has 0 aliphatic carbocycles. The van der Waals surface area contributed by atoms with Crippen LogP contribution in [0.3, 0.4) is 0 Å². The molecule has 0 saturated carbocycles. The normalized spacial score (nSPS) is 16.8. The third kappa shape index (κ3) is 3.53. The van der Waals surface area contributed by atoms with Crippen LogP contribution < -0.4 is 4.72 Å². The summed E-state index contributed by atoms with van der Waals surface area (Å²) in [7, 11) is -3.73. The van der Waals surface area contributed by atoms with Crippen LogP contribution in [0.2, 0.25) is 0 Å². The van der Waals surface area contributed by atoms with Crippen molar-refractivity contribution < 1.29 is 18.3 Å². The number of thiophene rings is 1. The van der Waals surface area contributed by atoms with Crippen molar-refractivity contribution in [2.45, 2.75) is 17.7 Å². The first kappa shape index (κ1) is 14.4. The van der Waals surface area contributed by atoms with Crippen molar-refractivity contribution in [3.63, 3.8) is 0 Å². The van der Waals surface area contributed by atoms with E-state index in [0.29, 0.717) is 13.1 Å². The Kier molecular flexibility index (Phi) is 4.56. The smallest absolute Gasteiger partial charge is 0.347 e. The molecule has 1 aromatic heterocycles. The monoisotopic (exact) mass is 304 g/mol. The Morgan fingerprint density at radius 3 is 2.74 bits per heavy atom. The topological polar surface area (TPSA) is 86.7 Å². The van der Waals surface area contributed by atoms with Gasteiger partial charge in [-0.25, -0.2) is 17.9 Å². The van der Waals surface area contributed by atoms with Crippen LogP contribution in [-0.2, 0) is 10.0 Å². The lowest BCUT2D eigenvalue weighted by atomic mass is 10.4. The van der Waals surface area contributed by atoms with Crippen LogP contribution in [0.1, 0.15) is 22.5 Å². The van der Waals surface area contributed by atoms with Crippen LogP contribution >= 0.6 is 11.3 Å². The summed E-state index contributed by atoms with van der Waals surface area (Å²) in [6.07, 6.45) is 2.31. The van der Waals surface area contributed by atoms with E-state index >= 15 is 0 Å². The number of sulfonamides is 1. The molecule has 0 amide bonds. The van der Waals surface area contributed by atoms with E-state index in [1.807, 2.05) is 0 Å². The van der Waals surface area contributed by atoms with Gasteiger partial charge in [0.25, 0.3) is 0 Å². The number of hydrogen-bond acceptors (Lipinski definition) is 5. The molecule has 2 N–H and O–H groups in total. The molecule has 0 bridgehead atoms. The van der Waals surface area contributed by atoms with Crippen molar-refractivity contribution in [3.8, 4) is 0 Å². The molecule has 0 atom stereocenters. The van der Waals surface area contributed by atoms with Gasteiger partial charge in [-0.15, -0.1) is 11.3 Å². The minimum atomic E-state index is -3.73. The van der Waals surface area contributed by atoms with Crippen molar-refractivity contribution in [3.05, 3.63) is 16.3 Å². The highest BCUT2D eigenvalue weighted by molar-refractivity contribution is 7.89. The maximum atomic E-state index is 12.0. The van der Waals surface area contributed by atoms with Crippen LogP contribution in [-0.4, -0.2) is 50.6 Å². The van der Waals surface area contributed by atoms with Crippen molar-refractivity contribution >= 4 is 27.3 Å². The summed E-state index contributed by atoms with van der Waals surface area (Å²) >= 11 is 0.914. The molecule has 1 fully saturated rings. The first-order valence-corrected chi connectivity index (χ1v) is 8.40. The van der Waals surface area contributed by atoms with E-state index in [0.717, 1.165) is 37.3 Å². The Morgan fingerprint density at radius 1 is 1.42 bits per heavy atom. The average molecular weight is 304 g/mol. The minimum absolute atomic E-state index is 0.145. The molecule has 1 aliphatic heterocycles. The summed E-state index contributed by atoms with van der Waals surface area (Å²) < 4.78 is 26.5. The van der Waals surface area contributed by atoms with Gasteiger partial charge >= 0.3 is 5.97 Å². The number of rotatable bonds is 6. The van der Waals surface area contributed by atoms with Gasteiger partial charge < -0.3 is 10.0 Å². The summed E-state index contributed by atoms with van der Waals surface area (Å²) in [5.74, 6) is -1.21. The zero-order valence-corrected chi connectivity index (χ0v) is 12.0. The maximum Gasteiger partial charge on any atom is 0.347 e. The number of carboxylic acids is 1. The molecule has 106 valence electrons. The predicted molar refractivity (Wildman–Crippen MR) is 72.1 cm³/mol. The van der Waals surface area contributed by atoms with Gasteiger partial charge in [-0.3, -0.25) is 0 Å². The highest BCUT2D eigenvalue weighted by Gasteiger charge is 2.23. The Bertz CT molecular complexity index is 547. The second-order valence-electron chi connectivity index (χ2n) is 4.37. The highest BCUT2D eigenvalue weighted by Crippen LogP contribution is 2.21. The zero-order chi connectivity index (χ0) is 13.9. The van der Waals surface area contributed by atoms with E-state index in [1.165, 1.54) is 11.4 Å². The maximum absolute atomic E-state index is 12.0. The minimum Gasteiger partial charge on any atom is -0.477 e. The fourth-order valence-corrected chi connectivity index (χ4v) is 4.37. The van der Waals surface area contributed by atoms with Crippen molar-refractivity contribution in [1.29, 1.82) is 0 Å². The van der Waals surface area contributed by atoms with Crippen LogP contribution in [0.5, 0.6) is 0 Å². The molecule has 19 heavy (non-hydrogen) atoms. The standard InChI is InChI=1S/C11H16N2O4S2/c14-11(15)10-9(3-8-18-10)19(16,17)12-4-7-13-5-1-2-6-13/h3,8,12H,1-2,4-7H2,(H,14,15). The predicted octanol–water partition coefficient (Wildman–Crippen LogP) is 0.820. The second kappa shape index (κ2) is 6.00. The number of nitrogens with zero attached hydrogens (tertiary/aromatic N) is 1. The van der Waals surface area contributed by atoms with E-state index < -0.39 is 16.0 Å². The lowest BCUT2D eigenvalue weighted by molar-refractivity contribution is 0.0698. The fourth-order valence-electron chi connectivity index (χ4n) is 2.09. The molecule has 1 saturated heterocycles. The van der Waals surface area contributed by atoms with Gasteiger partial charge in [0.1, 0.15) is 9.77 Å². The van der Waals surface area contributed by atoms with E-state index in [4.69, 9.17) is 5.11 Å². The quantitative estimate of drug-likeness (QED) is 0.812. The second-order valence-corrected chi connectivity index (χ2v) is 7.02. The van der Waals surface area contributed by atoms with Crippen LogP contribution in [0, 0.1) is 0 Å². The number of carboxylic acid groups (broad SMARTS) is 1. The van der Waals surface area contributed by atoms with Crippen molar-refractivity contribution in [2.75, 3.05) is 26.2 Å².